The molecule has 1 aromatic rings. The molecule has 0 aromatic heterocycles. The Balaban J connectivity index is 1.75. The molecule has 2 fully saturated rings. The van der Waals surface area contributed by atoms with Gasteiger partial charge in [-0.2, -0.15) is 0 Å². The van der Waals surface area contributed by atoms with Crippen LogP contribution in [0.15, 0.2) is 28.7 Å². The molecule has 0 aliphatic carbocycles. The van der Waals surface area contributed by atoms with E-state index in [9.17, 15) is 9.59 Å². The number of carbonyl (C=O) groups excluding carboxylic acids is 2. The quantitative estimate of drug-likeness (QED) is 0.818. The van der Waals surface area contributed by atoms with E-state index >= 15 is 0 Å². The first-order chi connectivity index (χ1) is 10.1. The zero-order chi connectivity index (χ0) is 15.0. The molecular formula is C15H18BrN3O2. The fourth-order valence-corrected chi connectivity index (χ4v) is 3.53. The maximum absolute atomic E-state index is 12.6. The summed E-state index contributed by atoms with van der Waals surface area (Å²) in [5, 5.41) is 0. The Morgan fingerprint density at radius 2 is 2.00 bits per heavy atom. The average Bonchev–Trinajstić information content (AvgIpc) is 3.05. The second kappa shape index (κ2) is 5.77. The van der Waals surface area contributed by atoms with E-state index in [2.05, 4.69) is 15.9 Å². The van der Waals surface area contributed by atoms with Crippen molar-refractivity contribution in [1.29, 1.82) is 0 Å². The third-order valence-electron chi connectivity index (χ3n) is 4.18. The third kappa shape index (κ3) is 2.70. The molecule has 0 spiro atoms. The second-order valence-electron chi connectivity index (χ2n) is 5.62. The summed E-state index contributed by atoms with van der Waals surface area (Å²) in [4.78, 5) is 28.5. The number of nitrogens with zero attached hydrogens (tertiary/aromatic N) is 2. The van der Waals surface area contributed by atoms with Crippen molar-refractivity contribution in [2.24, 2.45) is 11.7 Å². The van der Waals surface area contributed by atoms with Gasteiger partial charge in [-0.3, -0.25) is 9.59 Å². The lowest BCUT2D eigenvalue weighted by Crippen LogP contribution is -2.40. The summed E-state index contributed by atoms with van der Waals surface area (Å²) >= 11 is 3.46. The van der Waals surface area contributed by atoms with Gasteiger partial charge in [0.25, 0.3) is 0 Å². The Hall–Kier alpha value is -1.40. The highest BCUT2D eigenvalue weighted by Crippen LogP contribution is 2.32. The molecule has 1 unspecified atom stereocenters. The van der Waals surface area contributed by atoms with Crippen LogP contribution in [-0.4, -0.2) is 42.4 Å². The molecule has 6 heteroatoms. The fourth-order valence-electron chi connectivity index (χ4n) is 3.03. The standard InChI is InChI=1S/C15H18BrN3O2/c16-12-3-1-2-4-13(12)19-8-6-11(15(19)21)14(20)18-7-5-10(17)9-18/h1-4,10-11H,5-9,17H2/t10-,11?/m1/s1. The van der Waals surface area contributed by atoms with E-state index in [0.717, 1.165) is 16.6 Å². The zero-order valence-electron chi connectivity index (χ0n) is 11.7. The summed E-state index contributed by atoms with van der Waals surface area (Å²) < 4.78 is 0.870. The van der Waals surface area contributed by atoms with Gasteiger partial charge in [0.05, 0.1) is 5.69 Å². The van der Waals surface area contributed by atoms with Crippen molar-refractivity contribution in [2.45, 2.75) is 18.9 Å². The first-order valence-electron chi connectivity index (χ1n) is 7.18. The Kier molecular flexibility index (Phi) is 3.99. The zero-order valence-corrected chi connectivity index (χ0v) is 13.3. The molecule has 2 aliphatic rings. The molecule has 1 aromatic carbocycles. The summed E-state index contributed by atoms with van der Waals surface area (Å²) in [7, 11) is 0. The van der Waals surface area contributed by atoms with Gasteiger partial charge < -0.3 is 15.5 Å². The van der Waals surface area contributed by atoms with Crippen molar-refractivity contribution in [2.75, 3.05) is 24.5 Å². The Bertz CT molecular complexity index is 578. The van der Waals surface area contributed by atoms with E-state index in [4.69, 9.17) is 5.73 Å². The van der Waals surface area contributed by atoms with Gasteiger partial charge in [0.15, 0.2) is 0 Å². The largest absolute Gasteiger partial charge is 0.340 e. The SMILES string of the molecule is N[C@@H]1CCN(C(=O)C2CCN(c3ccccc3Br)C2=O)C1. The second-order valence-corrected chi connectivity index (χ2v) is 6.47. The molecule has 2 N–H and O–H groups in total. The van der Waals surface area contributed by atoms with E-state index < -0.39 is 5.92 Å². The van der Waals surface area contributed by atoms with Gasteiger partial charge >= 0.3 is 0 Å². The number of benzene rings is 1. The number of amides is 2. The molecule has 5 nitrogen and oxygen atoms in total. The first-order valence-corrected chi connectivity index (χ1v) is 7.97. The van der Waals surface area contributed by atoms with Crippen molar-refractivity contribution in [3.05, 3.63) is 28.7 Å². The van der Waals surface area contributed by atoms with Crippen LogP contribution in [0.3, 0.4) is 0 Å². The van der Waals surface area contributed by atoms with Gasteiger partial charge in [-0.05, 0) is 40.9 Å². The average molecular weight is 352 g/mol. The summed E-state index contributed by atoms with van der Waals surface area (Å²) in [5.74, 6) is -0.725. The van der Waals surface area contributed by atoms with E-state index in [1.54, 1.807) is 9.80 Å². The number of nitrogens with two attached hydrogens (primary N) is 1. The van der Waals surface area contributed by atoms with Gasteiger partial charge in [-0.1, -0.05) is 12.1 Å². The third-order valence-corrected chi connectivity index (χ3v) is 4.85. The van der Waals surface area contributed by atoms with Crippen LogP contribution in [0.4, 0.5) is 5.69 Å². The van der Waals surface area contributed by atoms with E-state index in [-0.39, 0.29) is 17.9 Å². The maximum atomic E-state index is 12.6. The van der Waals surface area contributed by atoms with Crippen LogP contribution in [0.25, 0.3) is 0 Å². The highest BCUT2D eigenvalue weighted by molar-refractivity contribution is 9.10. The van der Waals surface area contributed by atoms with Crippen LogP contribution in [0.5, 0.6) is 0 Å². The molecule has 2 atom stereocenters. The molecular weight excluding hydrogens is 334 g/mol. The maximum Gasteiger partial charge on any atom is 0.239 e. The predicted molar refractivity (Wildman–Crippen MR) is 83.8 cm³/mol. The van der Waals surface area contributed by atoms with Gasteiger partial charge in [0, 0.05) is 30.1 Å². The van der Waals surface area contributed by atoms with Crippen LogP contribution in [0.1, 0.15) is 12.8 Å². The lowest BCUT2D eigenvalue weighted by Gasteiger charge is -2.21. The van der Waals surface area contributed by atoms with Crippen molar-refractivity contribution >= 4 is 33.4 Å². The Morgan fingerprint density at radius 3 is 2.67 bits per heavy atom. The minimum absolute atomic E-state index is 0.0461. The van der Waals surface area contributed by atoms with Crippen LogP contribution in [-0.2, 0) is 9.59 Å². The van der Waals surface area contributed by atoms with Gasteiger partial charge in [0.2, 0.25) is 11.8 Å². The van der Waals surface area contributed by atoms with Gasteiger partial charge in [-0.15, -0.1) is 0 Å². The Morgan fingerprint density at radius 1 is 1.24 bits per heavy atom. The molecule has 2 aliphatic heterocycles. The number of para-hydroxylation sites is 1. The lowest BCUT2D eigenvalue weighted by atomic mass is 10.1. The Labute approximate surface area is 132 Å². The number of hydrogen-bond acceptors (Lipinski definition) is 3. The number of rotatable bonds is 2. The number of carbonyl (C=O) groups is 2. The smallest absolute Gasteiger partial charge is 0.239 e. The van der Waals surface area contributed by atoms with E-state index in [1.165, 1.54) is 0 Å². The monoisotopic (exact) mass is 351 g/mol. The van der Waals surface area contributed by atoms with Crippen LogP contribution >= 0.6 is 15.9 Å². The van der Waals surface area contributed by atoms with E-state index in [1.807, 2.05) is 24.3 Å². The van der Waals surface area contributed by atoms with Gasteiger partial charge in [-0.25, -0.2) is 0 Å². The minimum Gasteiger partial charge on any atom is -0.340 e. The molecule has 0 saturated carbocycles. The minimum atomic E-state index is -0.553. The molecule has 2 saturated heterocycles. The highest BCUT2D eigenvalue weighted by atomic mass is 79.9. The number of hydrogen-bond donors (Lipinski definition) is 1. The van der Waals surface area contributed by atoms with E-state index in [0.29, 0.717) is 26.1 Å². The van der Waals surface area contributed by atoms with Gasteiger partial charge in [0.1, 0.15) is 5.92 Å². The van der Waals surface area contributed by atoms with Crippen LogP contribution in [0.2, 0.25) is 0 Å². The lowest BCUT2D eigenvalue weighted by molar-refractivity contribution is -0.139. The number of anilines is 1. The topological polar surface area (TPSA) is 66.6 Å². The normalized spacial score (nSPS) is 25.7. The van der Waals surface area contributed by atoms with Crippen molar-refractivity contribution in [3.63, 3.8) is 0 Å². The highest BCUT2D eigenvalue weighted by Gasteiger charge is 2.41. The molecule has 0 radical (unpaired) electrons. The molecule has 2 heterocycles. The molecule has 0 bridgehead atoms. The van der Waals surface area contributed by atoms with Crippen LogP contribution < -0.4 is 10.6 Å². The molecule has 21 heavy (non-hydrogen) atoms. The molecule has 2 amide bonds. The summed E-state index contributed by atoms with van der Waals surface area (Å²) in [6.45, 7) is 1.81. The first kappa shape index (κ1) is 14.5. The molecule has 112 valence electrons. The number of likely N-dealkylation sites (tertiary alicyclic amines) is 1. The number of halogens is 1. The molecule has 3 rings (SSSR count). The van der Waals surface area contributed by atoms with Crippen molar-refractivity contribution in [3.8, 4) is 0 Å². The summed E-state index contributed by atoms with van der Waals surface area (Å²) in [6.07, 6.45) is 1.39. The summed E-state index contributed by atoms with van der Waals surface area (Å²) in [6, 6.07) is 7.63. The fraction of sp³-hybridized carbons (Fsp3) is 0.467. The van der Waals surface area contributed by atoms with Crippen LogP contribution in [0, 0.1) is 5.92 Å². The van der Waals surface area contributed by atoms with Crippen molar-refractivity contribution < 1.29 is 9.59 Å². The van der Waals surface area contributed by atoms with Crippen molar-refractivity contribution in [1.82, 2.24) is 4.90 Å². The summed E-state index contributed by atoms with van der Waals surface area (Å²) in [5.41, 5.74) is 6.67. The predicted octanol–water partition coefficient (Wildman–Crippen LogP) is 1.36.